The van der Waals surface area contributed by atoms with Crippen LogP contribution in [0.5, 0.6) is 0 Å². The SMILES string of the molecule is Cc1nc(/C=C\C(=O)N2CCC(N(C)c3ccccc3)CC2)cs1. The number of nitrogens with zero attached hydrogens (tertiary/aromatic N) is 3. The van der Waals surface area contributed by atoms with Gasteiger partial charge in [0, 0.05) is 43.3 Å². The van der Waals surface area contributed by atoms with Crippen LogP contribution < -0.4 is 4.90 Å². The first-order valence-electron chi connectivity index (χ1n) is 8.30. The summed E-state index contributed by atoms with van der Waals surface area (Å²) in [6.45, 7) is 3.58. The quantitative estimate of drug-likeness (QED) is 0.798. The van der Waals surface area contributed by atoms with Crippen molar-refractivity contribution in [1.82, 2.24) is 9.88 Å². The van der Waals surface area contributed by atoms with Gasteiger partial charge in [0.25, 0.3) is 0 Å². The summed E-state index contributed by atoms with van der Waals surface area (Å²) < 4.78 is 0. The van der Waals surface area contributed by atoms with E-state index in [-0.39, 0.29) is 5.91 Å². The van der Waals surface area contributed by atoms with Gasteiger partial charge in [0.2, 0.25) is 5.91 Å². The number of carbonyl (C=O) groups excluding carboxylic acids is 1. The molecule has 1 fully saturated rings. The molecule has 1 aromatic heterocycles. The van der Waals surface area contributed by atoms with Crippen LogP contribution >= 0.6 is 11.3 Å². The van der Waals surface area contributed by atoms with Gasteiger partial charge in [0.15, 0.2) is 0 Å². The normalized spacial score (nSPS) is 15.8. The molecule has 4 nitrogen and oxygen atoms in total. The van der Waals surface area contributed by atoms with Crippen LogP contribution in [0.2, 0.25) is 0 Å². The first-order chi connectivity index (χ1) is 11.6. The number of likely N-dealkylation sites (tertiary alicyclic amines) is 1. The van der Waals surface area contributed by atoms with Crippen molar-refractivity contribution >= 4 is 29.0 Å². The lowest BCUT2D eigenvalue weighted by Gasteiger charge is -2.37. The Bertz CT molecular complexity index is 702. The number of aryl methyl sites for hydroxylation is 1. The number of anilines is 1. The van der Waals surface area contributed by atoms with Crippen LogP contribution in [0, 0.1) is 6.92 Å². The number of benzene rings is 1. The minimum atomic E-state index is 0.0847. The molecule has 0 unspecified atom stereocenters. The van der Waals surface area contributed by atoms with Gasteiger partial charge in [-0.05, 0) is 38.0 Å². The molecule has 126 valence electrons. The fourth-order valence-electron chi connectivity index (χ4n) is 3.07. The Morgan fingerprint density at radius 2 is 2.00 bits per heavy atom. The van der Waals surface area contributed by atoms with E-state index in [1.807, 2.05) is 29.3 Å². The standard InChI is InChI=1S/C19H23N3OS/c1-15-20-16(14-24-15)8-9-19(23)22-12-10-18(11-13-22)21(2)17-6-4-3-5-7-17/h3-9,14,18H,10-13H2,1-2H3/b9-8-. The second-order valence-electron chi connectivity index (χ2n) is 6.13. The molecule has 0 atom stereocenters. The Balaban J connectivity index is 1.53. The van der Waals surface area contributed by atoms with Crippen LogP contribution in [0.25, 0.3) is 6.08 Å². The van der Waals surface area contributed by atoms with E-state index in [1.54, 1.807) is 17.4 Å². The Labute approximate surface area is 147 Å². The van der Waals surface area contributed by atoms with Crippen LogP contribution in [0.1, 0.15) is 23.5 Å². The monoisotopic (exact) mass is 341 g/mol. The molecule has 1 amide bonds. The summed E-state index contributed by atoms with van der Waals surface area (Å²) in [7, 11) is 2.14. The maximum Gasteiger partial charge on any atom is 0.246 e. The van der Waals surface area contributed by atoms with Gasteiger partial charge in [-0.25, -0.2) is 4.98 Å². The number of thiazole rings is 1. The molecule has 1 aromatic carbocycles. The van der Waals surface area contributed by atoms with E-state index in [0.717, 1.165) is 36.6 Å². The molecule has 0 spiro atoms. The van der Waals surface area contributed by atoms with E-state index in [2.05, 4.69) is 41.2 Å². The molecule has 1 aliphatic rings. The highest BCUT2D eigenvalue weighted by Gasteiger charge is 2.24. The van der Waals surface area contributed by atoms with Gasteiger partial charge < -0.3 is 9.80 Å². The fourth-order valence-corrected chi connectivity index (χ4v) is 3.65. The number of rotatable bonds is 4. The highest BCUT2D eigenvalue weighted by molar-refractivity contribution is 7.09. The average molecular weight is 341 g/mol. The van der Waals surface area contributed by atoms with E-state index in [9.17, 15) is 4.79 Å². The average Bonchev–Trinajstić information content (AvgIpc) is 3.05. The van der Waals surface area contributed by atoms with Crippen molar-refractivity contribution in [3.05, 3.63) is 52.5 Å². The zero-order valence-electron chi connectivity index (χ0n) is 14.2. The Kier molecular flexibility index (Phi) is 5.30. The van der Waals surface area contributed by atoms with E-state index in [1.165, 1.54) is 5.69 Å². The lowest BCUT2D eigenvalue weighted by atomic mass is 10.0. The van der Waals surface area contributed by atoms with Gasteiger partial charge in [-0.1, -0.05) is 18.2 Å². The molecule has 3 rings (SSSR count). The second-order valence-corrected chi connectivity index (χ2v) is 7.19. The smallest absolute Gasteiger partial charge is 0.246 e. The molecule has 0 N–H and O–H groups in total. The van der Waals surface area contributed by atoms with Crippen molar-refractivity contribution in [1.29, 1.82) is 0 Å². The maximum atomic E-state index is 12.3. The van der Waals surface area contributed by atoms with Crippen LogP contribution in [0.15, 0.2) is 41.8 Å². The zero-order valence-corrected chi connectivity index (χ0v) is 15.0. The molecule has 2 heterocycles. The van der Waals surface area contributed by atoms with Crippen LogP contribution in [-0.2, 0) is 4.79 Å². The third-order valence-corrected chi connectivity index (χ3v) is 5.31. The first-order valence-corrected chi connectivity index (χ1v) is 9.18. The third-order valence-electron chi connectivity index (χ3n) is 4.52. The van der Waals surface area contributed by atoms with E-state index in [4.69, 9.17) is 0 Å². The number of carbonyl (C=O) groups is 1. The van der Waals surface area contributed by atoms with Crippen LogP contribution in [0.3, 0.4) is 0 Å². The summed E-state index contributed by atoms with van der Waals surface area (Å²) in [5.41, 5.74) is 2.10. The number of para-hydroxylation sites is 1. The van der Waals surface area contributed by atoms with E-state index in [0.29, 0.717) is 6.04 Å². The van der Waals surface area contributed by atoms with Gasteiger partial charge in [0.05, 0.1) is 10.7 Å². The second kappa shape index (κ2) is 7.62. The van der Waals surface area contributed by atoms with E-state index >= 15 is 0 Å². The van der Waals surface area contributed by atoms with Gasteiger partial charge in [-0.3, -0.25) is 4.79 Å². The Morgan fingerprint density at radius 1 is 1.29 bits per heavy atom. The van der Waals surface area contributed by atoms with Crippen molar-refractivity contribution in [3.8, 4) is 0 Å². The molecule has 0 bridgehead atoms. The zero-order chi connectivity index (χ0) is 16.9. The van der Waals surface area contributed by atoms with Crippen molar-refractivity contribution in [3.63, 3.8) is 0 Å². The summed E-state index contributed by atoms with van der Waals surface area (Å²) in [4.78, 5) is 20.9. The summed E-state index contributed by atoms with van der Waals surface area (Å²) in [6, 6.07) is 10.9. The minimum absolute atomic E-state index is 0.0847. The van der Waals surface area contributed by atoms with Gasteiger partial charge in [0.1, 0.15) is 0 Å². The van der Waals surface area contributed by atoms with Gasteiger partial charge in [-0.2, -0.15) is 0 Å². The topological polar surface area (TPSA) is 36.4 Å². The van der Waals surface area contributed by atoms with Crippen LogP contribution in [0.4, 0.5) is 5.69 Å². The molecule has 5 heteroatoms. The molecule has 2 aromatic rings. The minimum Gasteiger partial charge on any atom is -0.371 e. The highest BCUT2D eigenvalue weighted by atomic mass is 32.1. The predicted octanol–water partition coefficient (Wildman–Crippen LogP) is 3.59. The highest BCUT2D eigenvalue weighted by Crippen LogP contribution is 2.22. The number of piperidine rings is 1. The molecule has 24 heavy (non-hydrogen) atoms. The maximum absolute atomic E-state index is 12.3. The fraction of sp³-hybridized carbons (Fsp3) is 0.368. The molecule has 0 radical (unpaired) electrons. The number of hydrogen-bond acceptors (Lipinski definition) is 4. The predicted molar refractivity (Wildman–Crippen MR) is 100 cm³/mol. The first kappa shape index (κ1) is 16.7. The summed E-state index contributed by atoms with van der Waals surface area (Å²) in [5, 5.41) is 2.99. The molecule has 1 aliphatic heterocycles. The molecular formula is C19H23N3OS. The van der Waals surface area contributed by atoms with Crippen molar-refractivity contribution < 1.29 is 4.79 Å². The number of aromatic nitrogens is 1. The molecular weight excluding hydrogens is 318 g/mol. The van der Waals surface area contributed by atoms with E-state index < -0.39 is 0 Å². The van der Waals surface area contributed by atoms with Gasteiger partial charge in [-0.15, -0.1) is 11.3 Å². The molecule has 0 saturated carbocycles. The third kappa shape index (κ3) is 4.03. The number of amides is 1. The Morgan fingerprint density at radius 3 is 2.62 bits per heavy atom. The van der Waals surface area contributed by atoms with Gasteiger partial charge >= 0.3 is 0 Å². The summed E-state index contributed by atoms with van der Waals surface area (Å²) in [6.07, 6.45) is 5.46. The lowest BCUT2D eigenvalue weighted by Crippen LogP contribution is -2.45. The summed E-state index contributed by atoms with van der Waals surface area (Å²) in [5.74, 6) is 0.0847. The largest absolute Gasteiger partial charge is 0.371 e. The van der Waals surface area contributed by atoms with Crippen molar-refractivity contribution in [2.24, 2.45) is 0 Å². The van der Waals surface area contributed by atoms with Crippen molar-refractivity contribution in [2.45, 2.75) is 25.8 Å². The lowest BCUT2D eigenvalue weighted by molar-refractivity contribution is -0.126. The molecule has 0 aliphatic carbocycles. The summed E-state index contributed by atoms with van der Waals surface area (Å²) >= 11 is 1.60. The number of hydrogen-bond donors (Lipinski definition) is 0. The van der Waals surface area contributed by atoms with Crippen LogP contribution in [-0.4, -0.2) is 42.0 Å². The van der Waals surface area contributed by atoms with Crippen molar-refractivity contribution in [2.75, 3.05) is 25.0 Å². The Hall–Kier alpha value is -2.14. The molecule has 1 saturated heterocycles.